The Hall–Kier alpha value is -3.86. The van der Waals surface area contributed by atoms with Crippen LogP contribution in [-0.2, 0) is 4.74 Å². The third-order valence-electron chi connectivity index (χ3n) is 5.43. The van der Waals surface area contributed by atoms with E-state index in [9.17, 15) is 4.79 Å². The Morgan fingerprint density at radius 1 is 1.00 bits per heavy atom. The van der Waals surface area contributed by atoms with Gasteiger partial charge in [-0.05, 0) is 40.3 Å². The number of amidine groups is 1. The van der Waals surface area contributed by atoms with Gasteiger partial charge < -0.3 is 15.8 Å². The Balaban J connectivity index is 1.27. The second-order valence-corrected chi connectivity index (χ2v) is 7.48. The molecular weight excluding hydrogens is 386 g/mol. The van der Waals surface area contributed by atoms with Crippen LogP contribution in [0.2, 0.25) is 0 Å². The molecule has 0 aliphatic heterocycles. The number of hydrogen-bond donors (Lipinski definition) is 3. The van der Waals surface area contributed by atoms with Crippen LogP contribution in [-0.4, -0.2) is 25.1 Å². The van der Waals surface area contributed by atoms with Crippen molar-refractivity contribution in [2.24, 2.45) is 5.73 Å². The largest absolute Gasteiger partial charge is 0.449 e. The summed E-state index contributed by atoms with van der Waals surface area (Å²) in [7, 11) is 0. The summed E-state index contributed by atoms with van der Waals surface area (Å²) in [6.07, 6.45) is 4.19. The van der Waals surface area contributed by atoms with E-state index in [4.69, 9.17) is 15.9 Å². The van der Waals surface area contributed by atoms with E-state index in [1.54, 1.807) is 6.07 Å². The Labute approximate surface area is 182 Å². The van der Waals surface area contributed by atoms with Crippen molar-refractivity contribution in [1.82, 2.24) is 5.32 Å². The smallest absolute Gasteiger partial charge is 0.407 e. The van der Waals surface area contributed by atoms with Crippen LogP contribution >= 0.6 is 0 Å². The van der Waals surface area contributed by atoms with Crippen LogP contribution in [0.3, 0.4) is 0 Å². The summed E-state index contributed by atoms with van der Waals surface area (Å²) in [6, 6.07) is 24.0. The van der Waals surface area contributed by atoms with E-state index in [2.05, 4.69) is 29.6 Å². The van der Waals surface area contributed by atoms with Gasteiger partial charge in [-0.2, -0.15) is 0 Å². The van der Waals surface area contributed by atoms with E-state index >= 15 is 0 Å². The molecule has 0 spiro atoms. The highest BCUT2D eigenvalue weighted by atomic mass is 16.5. The summed E-state index contributed by atoms with van der Waals surface area (Å²) in [6.45, 7) is 0.799. The molecule has 0 saturated heterocycles. The van der Waals surface area contributed by atoms with Crippen molar-refractivity contribution in [2.45, 2.75) is 12.3 Å². The Morgan fingerprint density at radius 3 is 2.35 bits per heavy atom. The number of ether oxygens (including phenoxy) is 1. The maximum absolute atomic E-state index is 12.2. The van der Waals surface area contributed by atoms with Gasteiger partial charge in [-0.1, -0.05) is 78.9 Å². The maximum Gasteiger partial charge on any atom is 0.407 e. The van der Waals surface area contributed by atoms with Crippen LogP contribution in [0.15, 0.2) is 78.9 Å². The molecule has 156 valence electrons. The van der Waals surface area contributed by atoms with Crippen LogP contribution in [0.4, 0.5) is 4.79 Å². The molecule has 5 heteroatoms. The van der Waals surface area contributed by atoms with Crippen molar-refractivity contribution >= 4 is 18.0 Å². The lowest BCUT2D eigenvalue weighted by atomic mass is 9.98. The molecule has 4 rings (SSSR count). The predicted octanol–water partition coefficient (Wildman–Crippen LogP) is 4.91. The normalized spacial score (nSPS) is 12.4. The van der Waals surface area contributed by atoms with Crippen molar-refractivity contribution in [3.63, 3.8) is 0 Å². The Bertz CT molecular complexity index is 1090. The van der Waals surface area contributed by atoms with Crippen LogP contribution in [0.25, 0.3) is 17.2 Å². The Morgan fingerprint density at radius 2 is 1.68 bits per heavy atom. The molecule has 0 radical (unpaired) electrons. The number of nitrogens with one attached hydrogen (secondary N) is 2. The number of hydrogen-bond acceptors (Lipinski definition) is 3. The van der Waals surface area contributed by atoms with Gasteiger partial charge in [0.2, 0.25) is 0 Å². The second-order valence-electron chi connectivity index (χ2n) is 7.48. The lowest BCUT2D eigenvalue weighted by Gasteiger charge is -2.14. The van der Waals surface area contributed by atoms with Gasteiger partial charge in [0, 0.05) is 18.0 Å². The van der Waals surface area contributed by atoms with Gasteiger partial charge in [0.05, 0.1) is 0 Å². The van der Waals surface area contributed by atoms with E-state index in [0.29, 0.717) is 25.1 Å². The van der Waals surface area contributed by atoms with E-state index in [-0.39, 0.29) is 11.8 Å². The van der Waals surface area contributed by atoms with Gasteiger partial charge in [0.15, 0.2) is 0 Å². The fraction of sp³-hybridized carbons (Fsp3) is 0.154. The zero-order valence-corrected chi connectivity index (χ0v) is 17.2. The molecular formula is C26H25N3O2. The molecule has 0 atom stereocenters. The highest BCUT2D eigenvalue weighted by Crippen LogP contribution is 2.44. The average molecular weight is 412 g/mol. The zero-order valence-electron chi connectivity index (χ0n) is 17.2. The van der Waals surface area contributed by atoms with Crippen molar-refractivity contribution in [3.05, 3.63) is 101 Å². The van der Waals surface area contributed by atoms with Crippen LogP contribution in [0, 0.1) is 5.41 Å². The summed E-state index contributed by atoms with van der Waals surface area (Å²) < 4.78 is 5.53. The number of alkyl carbamates (subject to hydrolysis) is 1. The molecule has 0 saturated carbocycles. The van der Waals surface area contributed by atoms with Gasteiger partial charge in [0.1, 0.15) is 12.4 Å². The number of nitrogen functional groups attached to an aromatic ring is 1. The predicted molar refractivity (Wildman–Crippen MR) is 124 cm³/mol. The quantitative estimate of drug-likeness (QED) is 0.293. The van der Waals surface area contributed by atoms with E-state index in [0.717, 1.165) is 5.56 Å². The van der Waals surface area contributed by atoms with Gasteiger partial charge in [-0.3, -0.25) is 5.41 Å². The third kappa shape index (κ3) is 4.67. The summed E-state index contributed by atoms with van der Waals surface area (Å²) >= 11 is 0. The molecule has 0 aromatic heterocycles. The van der Waals surface area contributed by atoms with Crippen molar-refractivity contribution < 1.29 is 9.53 Å². The number of carbonyl (C=O) groups is 1. The molecule has 0 unspecified atom stereocenters. The minimum absolute atomic E-state index is 0.0483. The van der Waals surface area contributed by atoms with Crippen molar-refractivity contribution in [3.8, 4) is 11.1 Å². The first-order valence-corrected chi connectivity index (χ1v) is 10.3. The summed E-state index contributed by atoms with van der Waals surface area (Å²) in [4.78, 5) is 12.2. The zero-order chi connectivity index (χ0) is 21.6. The summed E-state index contributed by atoms with van der Waals surface area (Å²) in [5, 5.41) is 10.3. The van der Waals surface area contributed by atoms with E-state index in [1.165, 1.54) is 22.3 Å². The van der Waals surface area contributed by atoms with Crippen LogP contribution in [0.1, 0.15) is 34.6 Å². The SMILES string of the molecule is N=C(N)c1cccc(C=CCCNC(=O)OCC2c3ccccc3-c3ccccc32)c1. The Kier molecular flexibility index (Phi) is 6.13. The number of fused-ring (bicyclic) bond motifs is 3. The van der Waals surface area contributed by atoms with Gasteiger partial charge in [-0.15, -0.1) is 0 Å². The monoisotopic (exact) mass is 411 g/mol. The average Bonchev–Trinajstić information content (AvgIpc) is 3.11. The first-order chi connectivity index (χ1) is 15.1. The molecule has 1 aliphatic carbocycles. The first-order valence-electron chi connectivity index (χ1n) is 10.3. The number of nitrogens with two attached hydrogens (primary N) is 1. The highest BCUT2D eigenvalue weighted by Gasteiger charge is 2.28. The molecule has 3 aromatic carbocycles. The number of benzene rings is 3. The first kappa shape index (κ1) is 20.4. The molecule has 1 aliphatic rings. The number of amides is 1. The lowest BCUT2D eigenvalue weighted by Crippen LogP contribution is -2.26. The molecule has 3 aromatic rings. The fourth-order valence-corrected chi connectivity index (χ4v) is 3.94. The van der Waals surface area contributed by atoms with Crippen LogP contribution < -0.4 is 11.1 Å². The fourth-order valence-electron chi connectivity index (χ4n) is 3.94. The van der Waals surface area contributed by atoms with Gasteiger partial charge in [0.25, 0.3) is 0 Å². The van der Waals surface area contributed by atoms with Gasteiger partial charge >= 0.3 is 6.09 Å². The number of carbonyl (C=O) groups excluding carboxylic acids is 1. The topological polar surface area (TPSA) is 88.2 Å². The van der Waals surface area contributed by atoms with Crippen molar-refractivity contribution in [1.29, 1.82) is 5.41 Å². The third-order valence-corrected chi connectivity index (χ3v) is 5.43. The number of rotatable bonds is 7. The molecule has 0 heterocycles. The van der Waals surface area contributed by atoms with E-state index in [1.807, 2.05) is 54.6 Å². The summed E-state index contributed by atoms with van der Waals surface area (Å²) in [5.74, 6) is 0.110. The molecule has 0 fully saturated rings. The second kappa shape index (κ2) is 9.30. The maximum atomic E-state index is 12.2. The van der Waals surface area contributed by atoms with Crippen molar-refractivity contribution in [2.75, 3.05) is 13.2 Å². The highest BCUT2D eigenvalue weighted by molar-refractivity contribution is 5.95. The minimum atomic E-state index is -0.408. The lowest BCUT2D eigenvalue weighted by molar-refractivity contribution is 0.143. The van der Waals surface area contributed by atoms with Gasteiger partial charge in [-0.25, -0.2) is 4.79 Å². The van der Waals surface area contributed by atoms with Crippen LogP contribution in [0.5, 0.6) is 0 Å². The molecule has 0 bridgehead atoms. The molecule has 4 N–H and O–H groups in total. The minimum Gasteiger partial charge on any atom is -0.449 e. The summed E-state index contributed by atoms with van der Waals surface area (Å²) in [5.41, 5.74) is 12.0. The van der Waals surface area contributed by atoms with E-state index < -0.39 is 6.09 Å². The molecule has 31 heavy (non-hydrogen) atoms. The molecule has 1 amide bonds. The standard InChI is InChI=1S/C26H25N3O2/c27-25(28)19-10-7-9-18(16-19)8-5-6-15-29-26(30)31-17-24-22-13-3-1-11-20(22)21-12-2-4-14-23(21)24/h1-5,7-14,16,24H,6,15,17H2,(H3,27,28)(H,29,30). The molecule has 5 nitrogen and oxygen atoms in total.